The smallest absolute Gasteiger partial charge is 0.310 e. The second kappa shape index (κ2) is 9.54. The van der Waals surface area contributed by atoms with Crippen LogP contribution < -0.4 is 4.74 Å². The molecule has 1 aliphatic heterocycles. The fraction of sp³-hybridized carbons (Fsp3) is 0.571. The Morgan fingerprint density at radius 3 is 2.66 bits per heavy atom. The predicted molar refractivity (Wildman–Crippen MR) is 114 cm³/mol. The van der Waals surface area contributed by atoms with Crippen molar-refractivity contribution in [2.45, 2.75) is 46.3 Å². The lowest BCUT2D eigenvalue weighted by atomic mass is 9.99. The van der Waals surface area contributed by atoms with Crippen molar-refractivity contribution < 1.29 is 14.3 Å². The number of piperidine rings is 1. The molecule has 1 aromatic heterocycles. The summed E-state index contributed by atoms with van der Waals surface area (Å²) in [6.45, 7) is 8.63. The van der Waals surface area contributed by atoms with Gasteiger partial charge in [-0.2, -0.15) is 5.10 Å². The molecule has 0 unspecified atom stereocenters. The van der Waals surface area contributed by atoms with Crippen LogP contribution in [0.4, 0.5) is 0 Å². The molecule has 1 aromatic carbocycles. The van der Waals surface area contributed by atoms with Crippen molar-refractivity contribution in [2.75, 3.05) is 26.8 Å². The quantitative estimate of drug-likeness (QED) is 0.502. The number of likely N-dealkylation sites (tertiary alicyclic amines) is 1. The summed E-state index contributed by atoms with van der Waals surface area (Å²) in [5, 5.41) is 4.83. The van der Waals surface area contributed by atoms with Crippen molar-refractivity contribution >= 4 is 18.2 Å². The SMILES string of the molecule is CCOC(=O)[C@H]1CCCN(Cn2nc(-c3ccc(OC)cc3)n(C(C)C)c2=S)C1. The molecule has 8 heteroatoms. The molecule has 29 heavy (non-hydrogen) atoms. The first-order valence-electron chi connectivity index (χ1n) is 10.2. The second-order valence-corrected chi connectivity index (χ2v) is 7.97. The standard InChI is InChI=1S/C21H30N4O3S/c1-5-28-20(26)17-7-6-12-23(13-17)14-24-21(29)25(15(2)3)19(22-24)16-8-10-18(27-4)11-9-16/h8-11,15,17H,5-7,12-14H2,1-4H3/t17-/m0/s1. The minimum atomic E-state index is -0.104. The second-order valence-electron chi connectivity index (χ2n) is 7.61. The average molecular weight is 419 g/mol. The van der Waals surface area contributed by atoms with E-state index in [0.29, 0.717) is 24.6 Å². The lowest BCUT2D eigenvalue weighted by molar-refractivity contribution is -0.150. The van der Waals surface area contributed by atoms with Crippen LogP contribution in [0.5, 0.6) is 5.75 Å². The van der Waals surface area contributed by atoms with Crippen LogP contribution in [0.3, 0.4) is 0 Å². The summed E-state index contributed by atoms with van der Waals surface area (Å²) >= 11 is 5.75. The zero-order valence-electron chi connectivity index (χ0n) is 17.6. The third-order valence-electron chi connectivity index (χ3n) is 5.19. The molecule has 1 saturated heterocycles. The Bertz CT molecular complexity index is 888. The summed E-state index contributed by atoms with van der Waals surface area (Å²) in [5.74, 6) is 1.46. The number of carbonyl (C=O) groups excluding carboxylic acids is 1. The van der Waals surface area contributed by atoms with E-state index in [4.69, 9.17) is 26.8 Å². The molecule has 1 fully saturated rings. The largest absolute Gasteiger partial charge is 0.497 e. The van der Waals surface area contributed by atoms with Gasteiger partial charge in [0.2, 0.25) is 0 Å². The van der Waals surface area contributed by atoms with Gasteiger partial charge in [0.1, 0.15) is 5.75 Å². The van der Waals surface area contributed by atoms with Gasteiger partial charge in [0.25, 0.3) is 0 Å². The van der Waals surface area contributed by atoms with Gasteiger partial charge in [-0.15, -0.1) is 0 Å². The molecule has 2 aromatic rings. The van der Waals surface area contributed by atoms with E-state index >= 15 is 0 Å². The number of methoxy groups -OCH3 is 1. The van der Waals surface area contributed by atoms with Gasteiger partial charge in [0.15, 0.2) is 10.6 Å². The summed E-state index contributed by atoms with van der Waals surface area (Å²) in [4.78, 5) is 14.4. The van der Waals surface area contributed by atoms with E-state index in [1.54, 1.807) is 7.11 Å². The molecule has 1 aliphatic rings. The molecule has 3 rings (SSSR count). The topological polar surface area (TPSA) is 61.5 Å². The van der Waals surface area contributed by atoms with Gasteiger partial charge >= 0.3 is 5.97 Å². The van der Waals surface area contributed by atoms with Crippen LogP contribution in [0.2, 0.25) is 0 Å². The van der Waals surface area contributed by atoms with Gasteiger partial charge in [-0.05, 0) is 76.6 Å². The number of esters is 1. The summed E-state index contributed by atoms with van der Waals surface area (Å²) in [7, 11) is 1.65. The van der Waals surface area contributed by atoms with Gasteiger partial charge in [-0.1, -0.05) is 0 Å². The Morgan fingerprint density at radius 1 is 1.31 bits per heavy atom. The number of benzene rings is 1. The minimum Gasteiger partial charge on any atom is -0.497 e. The summed E-state index contributed by atoms with van der Waals surface area (Å²) in [6.07, 6.45) is 1.84. The first kappa shape index (κ1) is 21.5. The Kier molecular flexibility index (Phi) is 7.08. The van der Waals surface area contributed by atoms with Crippen molar-refractivity contribution in [1.29, 1.82) is 0 Å². The molecule has 0 bridgehead atoms. The number of rotatable bonds is 7. The van der Waals surface area contributed by atoms with E-state index in [1.807, 2.05) is 35.9 Å². The zero-order valence-corrected chi connectivity index (χ0v) is 18.4. The van der Waals surface area contributed by atoms with Crippen LogP contribution in [0.15, 0.2) is 24.3 Å². The monoisotopic (exact) mass is 418 g/mol. The summed E-state index contributed by atoms with van der Waals surface area (Å²) in [5.41, 5.74) is 0.993. The Balaban J connectivity index is 1.84. The van der Waals surface area contributed by atoms with Crippen LogP contribution in [-0.2, 0) is 16.2 Å². The number of carbonyl (C=O) groups is 1. The number of ether oxygens (including phenoxy) is 2. The van der Waals surface area contributed by atoms with Crippen LogP contribution in [0.25, 0.3) is 11.4 Å². The van der Waals surface area contributed by atoms with Crippen molar-refractivity contribution in [2.24, 2.45) is 5.92 Å². The fourth-order valence-electron chi connectivity index (χ4n) is 3.74. The lowest BCUT2D eigenvalue weighted by Crippen LogP contribution is -2.40. The molecule has 0 N–H and O–H groups in total. The Morgan fingerprint density at radius 2 is 2.03 bits per heavy atom. The zero-order chi connectivity index (χ0) is 21.0. The van der Waals surface area contributed by atoms with E-state index in [9.17, 15) is 4.79 Å². The van der Waals surface area contributed by atoms with Crippen LogP contribution in [0, 0.1) is 10.7 Å². The Hall–Kier alpha value is -2.19. The first-order chi connectivity index (χ1) is 13.9. The molecule has 2 heterocycles. The molecule has 158 valence electrons. The van der Waals surface area contributed by atoms with Crippen LogP contribution >= 0.6 is 12.2 Å². The van der Waals surface area contributed by atoms with Crippen molar-refractivity contribution in [1.82, 2.24) is 19.2 Å². The molecule has 0 amide bonds. The minimum absolute atomic E-state index is 0.0777. The predicted octanol–water partition coefficient (Wildman–Crippen LogP) is 3.90. The Labute approximate surface area is 177 Å². The maximum Gasteiger partial charge on any atom is 0.310 e. The highest BCUT2D eigenvalue weighted by molar-refractivity contribution is 7.71. The van der Waals surface area contributed by atoms with Gasteiger partial charge in [-0.3, -0.25) is 14.3 Å². The molecule has 0 aliphatic carbocycles. The molecule has 0 spiro atoms. The molecule has 0 saturated carbocycles. The third kappa shape index (κ3) is 4.87. The van der Waals surface area contributed by atoms with Crippen molar-refractivity contribution in [3.8, 4) is 17.1 Å². The van der Waals surface area contributed by atoms with Crippen LogP contribution in [0.1, 0.15) is 39.7 Å². The van der Waals surface area contributed by atoms with Crippen molar-refractivity contribution in [3.05, 3.63) is 29.0 Å². The van der Waals surface area contributed by atoms with Crippen molar-refractivity contribution in [3.63, 3.8) is 0 Å². The summed E-state index contributed by atoms with van der Waals surface area (Å²) < 4.78 is 15.1. The average Bonchev–Trinajstić information content (AvgIpc) is 3.04. The van der Waals surface area contributed by atoms with Gasteiger partial charge in [0.05, 0.1) is 26.3 Å². The van der Waals surface area contributed by atoms with E-state index in [-0.39, 0.29) is 17.9 Å². The molecule has 1 atom stereocenters. The van der Waals surface area contributed by atoms with E-state index in [1.165, 1.54) is 0 Å². The highest BCUT2D eigenvalue weighted by atomic mass is 32.1. The lowest BCUT2D eigenvalue weighted by Gasteiger charge is -2.31. The maximum absolute atomic E-state index is 12.1. The normalized spacial score (nSPS) is 17.5. The number of nitrogens with zero attached hydrogens (tertiary/aromatic N) is 4. The first-order valence-corrected chi connectivity index (χ1v) is 10.6. The summed E-state index contributed by atoms with van der Waals surface area (Å²) in [6, 6.07) is 8.03. The van der Waals surface area contributed by atoms with E-state index in [2.05, 4.69) is 23.3 Å². The highest BCUT2D eigenvalue weighted by Crippen LogP contribution is 2.25. The van der Waals surface area contributed by atoms with Crippen LogP contribution in [-0.4, -0.2) is 52.0 Å². The third-order valence-corrected chi connectivity index (χ3v) is 5.60. The fourth-order valence-corrected chi connectivity index (χ4v) is 4.14. The highest BCUT2D eigenvalue weighted by Gasteiger charge is 2.27. The number of hydrogen-bond donors (Lipinski definition) is 0. The molecular formula is C21H30N4O3S. The van der Waals surface area contributed by atoms with Gasteiger partial charge in [-0.25, -0.2) is 4.68 Å². The van der Waals surface area contributed by atoms with Gasteiger partial charge in [0, 0.05) is 18.2 Å². The molecular weight excluding hydrogens is 388 g/mol. The molecule has 7 nitrogen and oxygen atoms in total. The number of hydrogen-bond acceptors (Lipinski definition) is 6. The van der Waals surface area contributed by atoms with E-state index in [0.717, 1.165) is 36.5 Å². The molecule has 0 radical (unpaired) electrons. The number of aromatic nitrogens is 3. The van der Waals surface area contributed by atoms with E-state index < -0.39 is 0 Å². The van der Waals surface area contributed by atoms with Gasteiger partial charge < -0.3 is 9.47 Å². The maximum atomic E-state index is 12.1.